The highest BCUT2D eigenvalue weighted by molar-refractivity contribution is 5.82. The predicted molar refractivity (Wildman–Crippen MR) is 90.7 cm³/mol. The molecule has 0 unspecified atom stereocenters. The number of nitriles is 1. The second-order valence-electron chi connectivity index (χ2n) is 7.32. The van der Waals surface area contributed by atoms with E-state index in [0.717, 1.165) is 19.6 Å². The van der Waals surface area contributed by atoms with Crippen molar-refractivity contribution in [3.8, 4) is 6.07 Å². The summed E-state index contributed by atoms with van der Waals surface area (Å²) in [6.45, 7) is 14.5. The largest absolute Gasteiger partial charge is 0.392 e. The van der Waals surface area contributed by atoms with Crippen molar-refractivity contribution in [2.75, 3.05) is 26.2 Å². The van der Waals surface area contributed by atoms with E-state index in [-0.39, 0.29) is 24.0 Å². The molecule has 23 heavy (non-hydrogen) atoms. The van der Waals surface area contributed by atoms with Crippen LogP contribution in [0, 0.1) is 17.2 Å². The van der Waals surface area contributed by atoms with Crippen LogP contribution in [0.5, 0.6) is 0 Å². The van der Waals surface area contributed by atoms with Gasteiger partial charge in [-0.25, -0.2) is 0 Å². The van der Waals surface area contributed by atoms with Crippen LogP contribution in [0.3, 0.4) is 0 Å². The molecule has 0 aromatic heterocycles. The Labute approximate surface area is 140 Å². The molecule has 0 radical (unpaired) electrons. The van der Waals surface area contributed by atoms with Gasteiger partial charge < -0.3 is 10.4 Å². The number of aliphatic hydroxyl groups excluding tert-OH is 1. The first-order valence-electron chi connectivity index (χ1n) is 8.50. The van der Waals surface area contributed by atoms with Crippen LogP contribution in [-0.4, -0.2) is 70.7 Å². The van der Waals surface area contributed by atoms with E-state index in [1.807, 2.05) is 20.8 Å². The third-order valence-electron chi connectivity index (χ3n) is 4.99. The molecule has 0 spiro atoms. The van der Waals surface area contributed by atoms with Crippen LogP contribution in [0.2, 0.25) is 0 Å². The van der Waals surface area contributed by atoms with Gasteiger partial charge in [0.15, 0.2) is 0 Å². The molecule has 6 nitrogen and oxygen atoms in total. The summed E-state index contributed by atoms with van der Waals surface area (Å²) in [7, 11) is 0. The van der Waals surface area contributed by atoms with E-state index in [4.69, 9.17) is 0 Å². The number of β-amino-alcohol motifs (C(OH)–C–C–N with tert-alkyl or cyclic N) is 1. The van der Waals surface area contributed by atoms with Crippen molar-refractivity contribution in [1.29, 1.82) is 5.26 Å². The van der Waals surface area contributed by atoms with E-state index in [0.29, 0.717) is 12.6 Å². The fourth-order valence-corrected chi connectivity index (χ4v) is 2.81. The zero-order chi connectivity index (χ0) is 17.8. The molecule has 1 aliphatic heterocycles. The number of aliphatic hydroxyl groups is 1. The summed E-state index contributed by atoms with van der Waals surface area (Å²) >= 11 is 0. The number of hydrogen-bond donors (Lipinski definition) is 2. The Bertz CT molecular complexity index is 446. The van der Waals surface area contributed by atoms with Gasteiger partial charge in [0, 0.05) is 32.2 Å². The summed E-state index contributed by atoms with van der Waals surface area (Å²) in [6.07, 6.45) is -0.341. The minimum absolute atomic E-state index is 0.0467. The smallest absolute Gasteiger partial charge is 0.238 e. The SMILES string of the molecule is CC(C)[C@](C)(C#N)NC(=O)[C@@H](C)N1CCN(C[C@H](C)O)[C@@H](C)C1. The van der Waals surface area contributed by atoms with Gasteiger partial charge in [-0.2, -0.15) is 5.26 Å². The van der Waals surface area contributed by atoms with Crippen LogP contribution in [-0.2, 0) is 4.79 Å². The van der Waals surface area contributed by atoms with Gasteiger partial charge in [0.1, 0.15) is 5.54 Å². The number of carbonyl (C=O) groups excluding carboxylic acids is 1. The highest BCUT2D eigenvalue weighted by Crippen LogP contribution is 2.17. The van der Waals surface area contributed by atoms with Gasteiger partial charge in [-0.1, -0.05) is 13.8 Å². The van der Waals surface area contributed by atoms with E-state index in [2.05, 4.69) is 28.1 Å². The summed E-state index contributed by atoms with van der Waals surface area (Å²) in [5.74, 6) is -0.0515. The molecule has 0 saturated carbocycles. The molecule has 132 valence electrons. The second kappa shape index (κ2) is 8.09. The maximum Gasteiger partial charge on any atom is 0.238 e. The lowest BCUT2D eigenvalue weighted by atomic mass is 9.89. The molecule has 0 aromatic rings. The standard InChI is InChI=1S/C17H32N4O2/c1-12(2)17(6,11-18)19-16(23)15(5)21-8-7-20(10-14(4)22)13(3)9-21/h12-15,22H,7-10H2,1-6H3,(H,19,23)/t13-,14-,15+,17-/m0/s1. The van der Waals surface area contributed by atoms with Crippen molar-refractivity contribution in [2.45, 2.75) is 65.3 Å². The average Bonchev–Trinajstić information content (AvgIpc) is 2.47. The summed E-state index contributed by atoms with van der Waals surface area (Å²) in [6, 6.07) is 2.24. The minimum Gasteiger partial charge on any atom is -0.392 e. The molecule has 0 aromatic carbocycles. The minimum atomic E-state index is -0.842. The van der Waals surface area contributed by atoms with Crippen molar-refractivity contribution >= 4 is 5.91 Å². The number of nitrogens with one attached hydrogen (secondary N) is 1. The van der Waals surface area contributed by atoms with Gasteiger partial charge in [-0.15, -0.1) is 0 Å². The third-order valence-corrected chi connectivity index (χ3v) is 4.99. The summed E-state index contributed by atoms with van der Waals surface area (Å²) in [4.78, 5) is 16.9. The van der Waals surface area contributed by atoms with Gasteiger partial charge in [0.2, 0.25) is 5.91 Å². The van der Waals surface area contributed by atoms with Gasteiger partial charge in [0.05, 0.1) is 18.2 Å². The summed E-state index contributed by atoms with van der Waals surface area (Å²) in [5, 5.41) is 21.8. The van der Waals surface area contributed by atoms with E-state index >= 15 is 0 Å². The molecule has 4 atom stereocenters. The normalized spacial score (nSPS) is 25.4. The molecule has 1 amide bonds. The van der Waals surface area contributed by atoms with Gasteiger partial charge in [0.25, 0.3) is 0 Å². The summed E-state index contributed by atoms with van der Waals surface area (Å²) < 4.78 is 0. The highest BCUT2D eigenvalue weighted by atomic mass is 16.3. The maximum absolute atomic E-state index is 12.5. The number of rotatable bonds is 6. The van der Waals surface area contributed by atoms with Gasteiger partial charge in [-0.05, 0) is 33.6 Å². The number of amides is 1. The Morgan fingerprint density at radius 1 is 1.39 bits per heavy atom. The summed E-state index contributed by atoms with van der Waals surface area (Å²) in [5.41, 5.74) is -0.842. The van der Waals surface area contributed by atoms with Gasteiger partial charge >= 0.3 is 0 Å². The van der Waals surface area contributed by atoms with Crippen molar-refractivity contribution in [3.63, 3.8) is 0 Å². The molecule has 1 saturated heterocycles. The molecule has 0 bridgehead atoms. The maximum atomic E-state index is 12.5. The van der Waals surface area contributed by atoms with Crippen LogP contribution in [0.15, 0.2) is 0 Å². The average molecular weight is 324 g/mol. The zero-order valence-electron chi connectivity index (χ0n) is 15.3. The van der Waals surface area contributed by atoms with Gasteiger partial charge in [-0.3, -0.25) is 14.6 Å². The number of piperazine rings is 1. The lowest BCUT2D eigenvalue weighted by molar-refractivity contribution is -0.128. The Hall–Kier alpha value is -1.16. The van der Waals surface area contributed by atoms with Crippen LogP contribution >= 0.6 is 0 Å². The van der Waals surface area contributed by atoms with Crippen molar-refractivity contribution in [3.05, 3.63) is 0 Å². The molecule has 2 N–H and O–H groups in total. The molecular formula is C17H32N4O2. The molecule has 1 aliphatic rings. The van der Waals surface area contributed by atoms with E-state index in [1.54, 1.807) is 13.8 Å². The fraction of sp³-hybridized carbons (Fsp3) is 0.882. The Morgan fingerprint density at radius 2 is 2.00 bits per heavy atom. The topological polar surface area (TPSA) is 79.6 Å². The van der Waals surface area contributed by atoms with Crippen molar-refractivity contribution < 1.29 is 9.90 Å². The highest BCUT2D eigenvalue weighted by Gasteiger charge is 2.35. The number of hydrogen-bond acceptors (Lipinski definition) is 5. The Morgan fingerprint density at radius 3 is 2.43 bits per heavy atom. The molecule has 0 aliphatic carbocycles. The van der Waals surface area contributed by atoms with Crippen molar-refractivity contribution in [2.24, 2.45) is 5.92 Å². The van der Waals surface area contributed by atoms with E-state index in [1.165, 1.54) is 0 Å². The van der Waals surface area contributed by atoms with E-state index < -0.39 is 5.54 Å². The Balaban J connectivity index is 2.64. The molecule has 6 heteroatoms. The van der Waals surface area contributed by atoms with Crippen LogP contribution < -0.4 is 5.32 Å². The second-order valence-corrected chi connectivity index (χ2v) is 7.32. The quantitative estimate of drug-likeness (QED) is 0.756. The first-order valence-corrected chi connectivity index (χ1v) is 8.50. The van der Waals surface area contributed by atoms with Crippen molar-refractivity contribution in [1.82, 2.24) is 15.1 Å². The fourth-order valence-electron chi connectivity index (χ4n) is 2.81. The first kappa shape index (κ1) is 19.9. The van der Waals surface area contributed by atoms with Crippen LogP contribution in [0.25, 0.3) is 0 Å². The monoisotopic (exact) mass is 324 g/mol. The molecule has 1 heterocycles. The number of nitrogens with zero attached hydrogens (tertiary/aromatic N) is 3. The van der Waals surface area contributed by atoms with Crippen LogP contribution in [0.1, 0.15) is 41.5 Å². The lowest BCUT2D eigenvalue weighted by Crippen LogP contribution is -2.60. The lowest BCUT2D eigenvalue weighted by Gasteiger charge is -2.42. The molecular weight excluding hydrogens is 292 g/mol. The molecule has 1 fully saturated rings. The first-order chi connectivity index (χ1) is 10.6. The van der Waals surface area contributed by atoms with E-state index in [9.17, 15) is 15.2 Å². The Kier molecular flexibility index (Phi) is 7.00. The third kappa shape index (κ3) is 5.17. The number of carbonyl (C=O) groups is 1. The zero-order valence-corrected chi connectivity index (χ0v) is 15.3. The molecule has 1 rings (SSSR count). The van der Waals surface area contributed by atoms with Crippen LogP contribution in [0.4, 0.5) is 0 Å². The predicted octanol–water partition coefficient (Wildman–Crippen LogP) is 0.816.